The van der Waals surface area contributed by atoms with E-state index in [1.54, 1.807) is 0 Å². The zero-order chi connectivity index (χ0) is 36.3. The van der Waals surface area contributed by atoms with Crippen molar-refractivity contribution in [2.24, 2.45) is 9.98 Å². The maximum atomic E-state index is 6.37. The van der Waals surface area contributed by atoms with Crippen LogP contribution < -0.4 is 5.32 Å². The maximum absolute atomic E-state index is 6.37. The van der Waals surface area contributed by atoms with Crippen LogP contribution in [-0.4, -0.2) is 11.7 Å². The van der Waals surface area contributed by atoms with Crippen molar-refractivity contribution >= 4 is 65.9 Å². The lowest BCUT2D eigenvalue weighted by Crippen LogP contribution is -2.33. The van der Waals surface area contributed by atoms with Gasteiger partial charge in [-0.1, -0.05) is 152 Å². The number of furan rings is 1. The molecule has 1 aliphatic heterocycles. The summed E-state index contributed by atoms with van der Waals surface area (Å²) in [5.74, 6) is 1.52. The monoisotopic (exact) mass is 703 g/mol. The number of aliphatic imine (C=N–C) groups is 2. The highest BCUT2D eigenvalue weighted by atomic mass is 16.3. The Hall–Kier alpha value is -7.30. The van der Waals surface area contributed by atoms with Crippen molar-refractivity contribution in [1.29, 1.82) is 0 Å². The Balaban J connectivity index is 0.969. The Morgan fingerprint density at radius 1 is 0.418 bits per heavy atom. The molecule has 55 heavy (non-hydrogen) atoms. The van der Waals surface area contributed by atoms with Gasteiger partial charge in [-0.3, -0.25) is 0 Å². The topological polar surface area (TPSA) is 49.9 Å². The molecule has 1 N–H and O–H groups in total. The second-order valence-corrected chi connectivity index (χ2v) is 14.2. The van der Waals surface area contributed by atoms with Gasteiger partial charge in [0.05, 0.1) is 0 Å². The molecule has 258 valence electrons. The molecule has 11 rings (SSSR count). The fourth-order valence-electron chi connectivity index (χ4n) is 8.12. The first kappa shape index (κ1) is 31.2. The van der Waals surface area contributed by atoms with Crippen LogP contribution in [0.1, 0.15) is 22.9 Å². The van der Waals surface area contributed by atoms with E-state index in [9.17, 15) is 0 Å². The molecule has 0 fully saturated rings. The molecule has 1 unspecified atom stereocenters. The minimum atomic E-state index is -0.316. The summed E-state index contributed by atoms with van der Waals surface area (Å²) in [5.41, 5.74) is 9.54. The number of hydrogen-bond acceptors (Lipinski definition) is 4. The molecule has 0 spiro atoms. The van der Waals surface area contributed by atoms with Gasteiger partial charge in [0.25, 0.3) is 0 Å². The molecule has 0 saturated carbocycles. The highest BCUT2D eigenvalue weighted by Gasteiger charge is 2.22. The second-order valence-electron chi connectivity index (χ2n) is 14.2. The first-order valence-corrected chi connectivity index (χ1v) is 18.7. The molecule has 1 aromatic heterocycles. The van der Waals surface area contributed by atoms with Crippen LogP contribution in [-0.2, 0) is 0 Å². The molecule has 10 aromatic rings. The molecule has 1 aliphatic rings. The molecule has 2 heterocycles. The van der Waals surface area contributed by atoms with Crippen LogP contribution in [0.15, 0.2) is 202 Å². The van der Waals surface area contributed by atoms with Crippen molar-refractivity contribution < 1.29 is 4.42 Å². The van der Waals surface area contributed by atoms with E-state index in [4.69, 9.17) is 14.4 Å². The smallest absolute Gasteiger partial charge is 0.159 e. The summed E-state index contributed by atoms with van der Waals surface area (Å²) in [4.78, 5) is 10.3. The van der Waals surface area contributed by atoms with Gasteiger partial charge in [0.15, 0.2) is 5.84 Å². The standard InChI is InChI=1S/C51H33N3O/c1-3-10-32(11-4-1)37-25-27-46-45(31-37)48-44(16-9-17-47(48)55-46)39-22-19-36-29-40(23-20-35(36)28-39)50-52-49(34-13-5-2-6-14-34)53-51(54-50)41-24-26-43-38(30-41)21-18-33-12-7-8-15-42(33)43/h1-31,50H,(H,52,53,54). The molecular weight excluding hydrogens is 671 g/mol. The van der Waals surface area contributed by atoms with Gasteiger partial charge in [-0.25, -0.2) is 9.98 Å². The van der Waals surface area contributed by atoms with E-state index < -0.39 is 0 Å². The van der Waals surface area contributed by atoms with E-state index in [0.717, 1.165) is 66.4 Å². The van der Waals surface area contributed by atoms with Gasteiger partial charge in [-0.15, -0.1) is 0 Å². The van der Waals surface area contributed by atoms with Crippen LogP contribution in [0.25, 0.3) is 76.5 Å². The molecule has 9 aromatic carbocycles. The van der Waals surface area contributed by atoms with Crippen LogP contribution >= 0.6 is 0 Å². The van der Waals surface area contributed by atoms with E-state index in [2.05, 4.69) is 175 Å². The fourth-order valence-corrected chi connectivity index (χ4v) is 8.12. The summed E-state index contributed by atoms with van der Waals surface area (Å²) < 4.78 is 6.37. The van der Waals surface area contributed by atoms with E-state index in [0.29, 0.717) is 5.84 Å². The number of amidine groups is 2. The number of rotatable bonds is 5. The van der Waals surface area contributed by atoms with Gasteiger partial charge in [0, 0.05) is 21.9 Å². The fraction of sp³-hybridized carbons (Fsp3) is 0.0196. The molecular formula is C51H33N3O. The molecule has 4 nitrogen and oxygen atoms in total. The lowest BCUT2D eigenvalue weighted by molar-refractivity contribution is 0.669. The molecule has 4 heteroatoms. The molecule has 0 amide bonds. The van der Waals surface area contributed by atoms with Gasteiger partial charge in [0.2, 0.25) is 0 Å². The van der Waals surface area contributed by atoms with Crippen molar-refractivity contribution in [1.82, 2.24) is 5.32 Å². The van der Waals surface area contributed by atoms with Crippen LogP contribution in [0.5, 0.6) is 0 Å². The summed E-state index contributed by atoms with van der Waals surface area (Å²) >= 11 is 0. The Labute approximate surface area is 317 Å². The van der Waals surface area contributed by atoms with Gasteiger partial charge >= 0.3 is 0 Å². The summed E-state index contributed by atoms with van der Waals surface area (Å²) in [6.07, 6.45) is -0.316. The number of hydrogen-bond donors (Lipinski definition) is 1. The lowest BCUT2D eigenvalue weighted by atomic mass is 9.95. The number of fused-ring (bicyclic) bond motifs is 7. The van der Waals surface area contributed by atoms with E-state index in [1.165, 1.54) is 32.7 Å². The Morgan fingerprint density at radius 2 is 1.11 bits per heavy atom. The zero-order valence-corrected chi connectivity index (χ0v) is 29.8. The molecule has 0 bridgehead atoms. The highest BCUT2D eigenvalue weighted by Crippen LogP contribution is 2.39. The summed E-state index contributed by atoms with van der Waals surface area (Å²) in [7, 11) is 0. The quantitative estimate of drug-likeness (QED) is 0.181. The minimum absolute atomic E-state index is 0.316. The lowest BCUT2D eigenvalue weighted by Gasteiger charge is -2.24. The van der Waals surface area contributed by atoms with Crippen molar-refractivity contribution in [3.05, 3.63) is 205 Å². The van der Waals surface area contributed by atoms with Crippen molar-refractivity contribution in [2.75, 3.05) is 0 Å². The largest absolute Gasteiger partial charge is 0.456 e. The number of benzene rings is 9. The third-order valence-corrected chi connectivity index (χ3v) is 10.9. The van der Waals surface area contributed by atoms with Gasteiger partial charge < -0.3 is 9.73 Å². The van der Waals surface area contributed by atoms with Crippen LogP contribution in [0.2, 0.25) is 0 Å². The van der Waals surface area contributed by atoms with Gasteiger partial charge in [-0.2, -0.15) is 0 Å². The molecule has 0 saturated heterocycles. The highest BCUT2D eigenvalue weighted by molar-refractivity contribution is 6.16. The maximum Gasteiger partial charge on any atom is 0.159 e. The Kier molecular flexibility index (Phi) is 7.20. The van der Waals surface area contributed by atoms with Crippen LogP contribution in [0, 0.1) is 0 Å². The van der Waals surface area contributed by atoms with Crippen LogP contribution in [0.3, 0.4) is 0 Å². The number of nitrogens with one attached hydrogen (secondary N) is 1. The van der Waals surface area contributed by atoms with Crippen molar-refractivity contribution in [3.8, 4) is 22.3 Å². The molecule has 0 radical (unpaired) electrons. The minimum Gasteiger partial charge on any atom is -0.456 e. The van der Waals surface area contributed by atoms with Crippen molar-refractivity contribution in [2.45, 2.75) is 6.17 Å². The van der Waals surface area contributed by atoms with Crippen LogP contribution in [0.4, 0.5) is 0 Å². The van der Waals surface area contributed by atoms with Crippen molar-refractivity contribution in [3.63, 3.8) is 0 Å². The second kappa shape index (κ2) is 12.7. The third-order valence-electron chi connectivity index (χ3n) is 10.9. The Morgan fingerprint density at radius 3 is 2.00 bits per heavy atom. The molecule has 0 aliphatic carbocycles. The summed E-state index contributed by atoms with van der Waals surface area (Å²) in [6, 6.07) is 66.5. The SMILES string of the molecule is c1ccc(C2=NC(c3ccc4cc(-c5cccc6oc7ccc(-c8ccccc8)cc7c56)ccc4c3)NC(c3ccc4c(ccc5ccccc54)c3)=N2)cc1. The third kappa shape index (κ3) is 5.46. The normalized spacial score (nSPS) is 14.4. The predicted octanol–water partition coefficient (Wildman–Crippen LogP) is 12.9. The van der Waals surface area contributed by atoms with E-state index in [-0.39, 0.29) is 6.17 Å². The Bertz CT molecular complexity index is 3180. The first-order chi connectivity index (χ1) is 27.2. The van der Waals surface area contributed by atoms with Gasteiger partial charge in [0.1, 0.15) is 23.2 Å². The average Bonchev–Trinajstić information content (AvgIpc) is 3.64. The number of nitrogens with zero attached hydrogens (tertiary/aromatic N) is 2. The average molecular weight is 704 g/mol. The summed E-state index contributed by atoms with van der Waals surface area (Å²) in [6.45, 7) is 0. The summed E-state index contributed by atoms with van der Waals surface area (Å²) in [5, 5.41) is 13.2. The van der Waals surface area contributed by atoms with E-state index >= 15 is 0 Å². The first-order valence-electron chi connectivity index (χ1n) is 18.7. The predicted molar refractivity (Wildman–Crippen MR) is 229 cm³/mol. The van der Waals surface area contributed by atoms with E-state index in [1.807, 2.05) is 18.2 Å². The molecule has 1 atom stereocenters. The van der Waals surface area contributed by atoms with Gasteiger partial charge in [-0.05, 0) is 96.5 Å². The zero-order valence-electron chi connectivity index (χ0n) is 29.8.